The Bertz CT molecular complexity index is 618. The lowest BCUT2D eigenvalue weighted by Crippen LogP contribution is -2.31. The van der Waals surface area contributed by atoms with E-state index in [1.807, 2.05) is 6.07 Å². The number of aromatic nitrogens is 1. The van der Waals surface area contributed by atoms with Gasteiger partial charge in [-0.05, 0) is 18.2 Å². The molecule has 2 N–H and O–H groups in total. The second-order valence-electron chi connectivity index (χ2n) is 4.25. The van der Waals surface area contributed by atoms with Crippen molar-refractivity contribution in [1.29, 1.82) is 0 Å². The van der Waals surface area contributed by atoms with Gasteiger partial charge in [0.2, 0.25) is 0 Å². The van der Waals surface area contributed by atoms with Crippen molar-refractivity contribution >= 4 is 28.5 Å². The molecule has 1 heterocycles. The maximum absolute atomic E-state index is 11.5. The molecule has 0 amide bonds. The van der Waals surface area contributed by atoms with Crippen molar-refractivity contribution in [2.24, 2.45) is 0 Å². The van der Waals surface area contributed by atoms with Gasteiger partial charge in [0.25, 0.3) is 0 Å². The average Bonchev–Trinajstić information content (AvgIpc) is 2.45. The van der Waals surface area contributed by atoms with Crippen LogP contribution in [0.5, 0.6) is 0 Å². The van der Waals surface area contributed by atoms with Gasteiger partial charge in [-0.25, -0.2) is 0 Å². The maximum atomic E-state index is 11.5. The molecule has 0 aliphatic rings. The van der Waals surface area contributed by atoms with Crippen LogP contribution in [0, 0.1) is 0 Å². The molecule has 0 saturated carbocycles. The van der Waals surface area contributed by atoms with Crippen molar-refractivity contribution < 1.29 is 14.6 Å². The number of fused-ring (bicyclic) bond motifs is 1. The number of hydrogen-bond donors (Lipinski definition) is 2. The molecule has 6 heteroatoms. The largest absolute Gasteiger partial charge is 0.480 e. The Morgan fingerprint density at radius 2 is 2.30 bits per heavy atom. The first-order valence-electron chi connectivity index (χ1n) is 6.13. The lowest BCUT2D eigenvalue weighted by molar-refractivity contribution is -0.139. The number of benzene rings is 1. The highest BCUT2D eigenvalue weighted by Gasteiger charge is 2.22. The van der Waals surface area contributed by atoms with Crippen LogP contribution in [-0.4, -0.2) is 36.3 Å². The molecular formula is C14H15ClN2O3. The van der Waals surface area contributed by atoms with Crippen LogP contribution in [0.4, 0.5) is 0 Å². The number of nitrogens with zero attached hydrogens (tertiary/aromatic N) is 1. The molecule has 0 aliphatic carbocycles. The molecule has 2 aromatic rings. The Kier molecular flexibility index (Phi) is 4.89. The SMILES string of the molecule is COCCNC(C(=O)O)c1ccc(Cl)c2cccnc12. The van der Waals surface area contributed by atoms with Crippen molar-refractivity contribution in [3.05, 3.63) is 41.0 Å². The first kappa shape index (κ1) is 14.7. The molecule has 1 atom stereocenters. The third-order valence-corrected chi connectivity index (χ3v) is 3.29. The first-order valence-corrected chi connectivity index (χ1v) is 6.51. The summed E-state index contributed by atoms with van der Waals surface area (Å²) in [7, 11) is 1.57. The molecule has 0 fully saturated rings. The summed E-state index contributed by atoms with van der Waals surface area (Å²) in [6.45, 7) is 0.868. The first-order chi connectivity index (χ1) is 9.65. The zero-order chi connectivity index (χ0) is 14.5. The number of carboxylic acid groups (broad SMARTS) is 1. The van der Waals surface area contributed by atoms with Crippen LogP contribution in [0.3, 0.4) is 0 Å². The van der Waals surface area contributed by atoms with Crippen molar-refractivity contribution in [3.8, 4) is 0 Å². The minimum Gasteiger partial charge on any atom is -0.480 e. The molecule has 2 rings (SSSR count). The second-order valence-corrected chi connectivity index (χ2v) is 4.66. The molecule has 0 radical (unpaired) electrons. The van der Waals surface area contributed by atoms with E-state index >= 15 is 0 Å². The zero-order valence-corrected chi connectivity index (χ0v) is 11.7. The van der Waals surface area contributed by atoms with Crippen molar-refractivity contribution in [3.63, 3.8) is 0 Å². The molecule has 1 aromatic heterocycles. The number of aliphatic carboxylic acids is 1. The Labute approximate surface area is 121 Å². The Morgan fingerprint density at radius 1 is 1.50 bits per heavy atom. The summed E-state index contributed by atoms with van der Waals surface area (Å²) in [6, 6.07) is 6.12. The summed E-state index contributed by atoms with van der Waals surface area (Å²) in [5.41, 5.74) is 1.19. The third-order valence-electron chi connectivity index (χ3n) is 2.96. The van der Waals surface area contributed by atoms with Gasteiger partial charge < -0.3 is 9.84 Å². The molecule has 0 aliphatic heterocycles. The van der Waals surface area contributed by atoms with E-state index in [0.717, 1.165) is 5.39 Å². The summed E-state index contributed by atoms with van der Waals surface area (Å²) in [4.78, 5) is 15.7. The van der Waals surface area contributed by atoms with E-state index in [1.165, 1.54) is 0 Å². The van der Waals surface area contributed by atoms with Crippen molar-refractivity contribution in [2.45, 2.75) is 6.04 Å². The van der Waals surface area contributed by atoms with Crippen LogP contribution in [-0.2, 0) is 9.53 Å². The second kappa shape index (κ2) is 6.65. The fourth-order valence-corrected chi connectivity index (χ4v) is 2.24. The van der Waals surface area contributed by atoms with Gasteiger partial charge in [-0.1, -0.05) is 17.7 Å². The molecule has 106 valence electrons. The normalized spacial score (nSPS) is 12.5. The van der Waals surface area contributed by atoms with Crippen LogP contribution >= 0.6 is 11.6 Å². The number of methoxy groups -OCH3 is 1. The number of carbonyl (C=O) groups is 1. The molecule has 0 spiro atoms. The number of nitrogens with one attached hydrogen (secondary N) is 1. The molecule has 1 unspecified atom stereocenters. The summed E-state index contributed by atoms with van der Waals surface area (Å²) in [5.74, 6) is -0.963. The fourth-order valence-electron chi connectivity index (χ4n) is 2.03. The molecular weight excluding hydrogens is 280 g/mol. The Morgan fingerprint density at radius 3 is 3.00 bits per heavy atom. The molecule has 1 aromatic carbocycles. The van der Waals surface area contributed by atoms with Crippen LogP contribution in [0.15, 0.2) is 30.5 Å². The average molecular weight is 295 g/mol. The number of pyridine rings is 1. The predicted octanol–water partition coefficient (Wildman–Crippen LogP) is 2.25. The molecule has 0 bridgehead atoms. The van der Waals surface area contributed by atoms with Crippen LogP contribution in [0.25, 0.3) is 10.9 Å². The number of ether oxygens (including phenoxy) is 1. The highest BCUT2D eigenvalue weighted by Crippen LogP contribution is 2.28. The maximum Gasteiger partial charge on any atom is 0.325 e. The summed E-state index contributed by atoms with van der Waals surface area (Å²) in [6.07, 6.45) is 1.62. The van der Waals surface area contributed by atoms with E-state index in [9.17, 15) is 9.90 Å². The van der Waals surface area contributed by atoms with Gasteiger partial charge in [-0.15, -0.1) is 0 Å². The minimum absolute atomic E-state index is 0.433. The molecule has 5 nitrogen and oxygen atoms in total. The quantitative estimate of drug-likeness (QED) is 0.800. The van der Waals surface area contributed by atoms with E-state index in [-0.39, 0.29) is 0 Å². The van der Waals surface area contributed by atoms with Gasteiger partial charge in [0.05, 0.1) is 12.1 Å². The predicted molar refractivity (Wildman–Crippen MR) is 77.0 cm³/mol. The smallest absolute Gasteiger partial charge is 0.325 e. The third kappa shape index (κ3) is 3.07. The van der Waals surface area contributed by atoms with Crippen LogP contribution in [0.2, 0.25) is 5.02 Å². The molecule has 0 saturated heterocycles. The van der Waals surface area contributed by atoms with Crippen molar-refractivity contribution in [1.82, 2.24) is 10.3 Å². The lowest BCUT2D eigenvalue weighted by atomic mass is 10.0. The van der Waals surface area contributed by atoms with Gasteiger partial charge in [-0.3, -0.25) is 15.1 Å². The number of halogens is 1. The minimum atomic E-state index is -0.963. The molecule has 20 heavy (non-hydrogen) atoms. The lowest BCUT2D eigenvalue weighted by Gasteiger charge is -2.16. The van der Waals surface area contributed by atoms with Crippen LogP contribution in [0.1, 0.15) is 11.6 Å². The Balaban J connectivity index is 2.43. The highest BCUT2D eigenvalue weighted by molar-refractivity contribution is 6.35. The monoisotopic (exact) mass is 294 g/mol. The van der Waals surface area contributed by atoms with E-state index in [1.54, 1.807) is 31.5 Å². The summed E-state index contributed by atoms with van der Waals surface area (Å²) >= 11 is 6.11. The van der Waals surface area contributed by atoms with Gasteiger partial charge >= 0.3 is 5.97 Å². The summed E-state index contributed by atoms with van der Waals surface area (Å²) in [5, 5.41) is 13.6. The standard InChI is InChI=1S/C14H15ClN2O3/c1-20-8-7-17-13(14(18)19)10-4-5-11(15)9-3-2-6-16-12(9)10/h2-6,13,17H,7-8H2,1H3,(H,18,19). The summed E-state index contributed by atoms with van der Waals surface area (Å²) < 4.78 is 4.92. The number of hydrogen-bond acceptors (Lipinski definition) is 4. The van der Waals surface area contributed by atoms with E-state index in [2.05, 4.69) is 10.3 Å². The van der Waals surface area contributed by atoms with E-state index in [0.29, 0.717) is 29.3 Å². The zero-order valence-electron chi connectivity index (χ0n) is 11.0. The van der Waals surface area contributed by atoms with Crippen molar-refractivity contribution in [2.75, 3.05) is 20.3 Å². The van der Waals surface area contributed by atoms with Gasteiger partial charge in [0.1, 0.15) is 6.04 Å². The highest BCUT2D eigenvalue weighted by atomic mass is 35.5. The number of rotatable bonds is 6. The number of carboxylic acids is 1. The van der Waals surface area contributed by atoms with Gasteiger partial charge in [-0.2, -0.15) is 0 Å². The van der Waals surface area contributed by atoms with Crippen LogP contribution < -0.4 is 5.32 Å². The van der Waals surface area contributed by atoms with Gasteiger partial charge in [0.15, 0.2) is 0 Å². The van der Waals surface area contributed by atoms with Gasteiger partial charge in [0, 0.05) is 35.8 Å². The van der Waals surface area contributed by atoms with E-state index < -0.39 is 12.0 Å². The fraction of sp³-hybridized carbons (Fsp3) is 0.286. The topological polar surface area (TPSA) is 71.5 Å². The Hall–Kier alpha value is -1.69. The van der Waals surface area contributed by atoms with E-state index in [4.69, 9.17) is 16.3 Å².